The van der Waals surface area contributed by atoms with Gasteiger partial charge in [-0.1, -0.05) is 35.3 Å². The third-order valence-electron chi connectivity index (χ3n) is 1.80. The lowest BCUT2D eigenvalue weighted by molar-refractivity contribution is 0.153. The zero-order chi connectivity index (χ0) is 10.0. The lowest BCUT2D eigenvalue weighted by atomic mass is 10.0. The van der Waals surface area contributed by atoms with Crippen molar-refractivity contribution in [1.29, 1.82) is 0 Å². The number of halogens is 2. The van der Waals surface area contributed by atoms with Crippen LogP contribution in [0.2, 0.25) is 10.0 Å². The molecular formula is C9H11Cl2NO. The first kappa shape index (κ1) is 10.8. The number of nitrogens with two attached hydrogens (primary N) is 1. The molecule has 0 radical (unpaired) electrons. The summed E-state index contributed by atoms with van der Waals surface area (Å²) in [5, 5.41) is 10.4. The first-order valence-electron chi connectivity index (χ1n) is 3.91. The second-order valence-corrected chi connectivity index (χ2v) is 3.73. The fourth-order valence-corrected chi connectivity index (χ4v) is 1.45. The number of aliphatic hydroxyl groups is 1. The largest absolute Gasteiger partial charge is 0.387 e. The summed E-state index contributed by atoms with van der Waals surface area (Å²) in [5.74, 6) is 0. The smallest absolute Gasteiger partial charge is 0.0953 e. The minimum atomic E-state index is -0.772. The predicted octanol–water partition coefficient (Wildman–Crippen LogP) is 2.37. The average molecular weight is 220 g/mol. The number of rotatable bonds is 2. The Morgan fingerprint density at radius 2 is 2.00 bits per heavy atom. The van der Waals surface area contributed by atoms with Gasteiger partial charge in [0, 0.05) is 11.6 Å². The van der Waals surface area contributed by atoms with E-state index in [4.69, 9.17) is 28.9 Å². The van der Waals surface area contributed by atoms with Crippen molar-refractivity contribution in [3.63, 3.8) is 0 Å². The minimum absolute atomic E-state index is 0.365. The van der Waals surface area contributed by atoms with Gasteiger partial charge in [0.1, 0.15) is 0 Å². The van der Waals surface area contributed by atoms with E-state index in [-0.39, 0.29) is 6.04 Å². The van der Waals surface area contributed by atoms with Gasteiger partial charge in [0.05, 0.1) is 16.1 Å². The number of hydrogen-bond donors (Lipinski definition) is 2. The molecule has 1 aromatic rings. The van der Waals surface area contributed by atoms with Crippen molar-refractivity contribution in [3.05, 3.63) is 33.8 Å². The molecule has 72 valence electrons. The van der Waals surface area contributed by atoms with Crippen LogP contribution in [-0.4, -0.2) is 11.1 Å². The first-order valence-corrected chi connectivity index (χ1v) is 4.67. The quantitative estimate of drug-likeness (QED) is 0.803. The van der Waals surface area contributed by atoms with E-state index in [2.05, 4.69) is 0 Å². The molecule has 4 heteroatoms. The maximum atomic E-state index is 9.63. The second-order valence-electron chi connectivity index (χ2n) is 2.95. The van der Waals surface area contributed by atoms with Crippen molar-refractivity contribution in [3.8, 4) is 0 Å². The Bertz CT molecular complexity index is 302. The van der Waals surface area contributed by atoms with Crippen molar-refractivity contribution in [2.75, 3.05) is 0 Å². The van der Waals surface area contributed by atoms with Gasteiger partial charge in [-0.25, -0.2) is 0 Å². The molecule has 2 nitrogen and oxygen atoms in total. The first-order chi connectivity index (χ1) is 6.04. The molecule has 3 N–H and O–H groups in total. The van der Waals surface area contributed by atoms with Gasteiger partial charge in [-0.3, -0.25) is 0 Å². The Kier molecular flexibility index (Phi) is 3.56. The van der Waals surface area contributed by atoms with Gasteiger partial charge in [-0.15, -0.1) is 0 Å². The van der Waals surface area contributed by atoms with Crippen molar-refractivity contribution in [2.24, 2.45) is 5.73 Å². The van der Waals surface area contributed by atoms with E-state index in [1.807, 2.05) is 0 Å². The standard InChI is InChI=1S/C9H11Cl2NO/c1-5(12)9(13)6-3-2-4-7(10)8(6)11/h2-5,9,13H,12H2,1H3/t5-,9-/m1/s1. The van der Waals surface area contributed by atoms with Crippen LogP contribution in [0.25, 0.3) is 0 Å². The van der Waals surface area contributed by atoms with Crippen molar-refractivity contribution in [2.45, 2.75) is 19.1 Å². The zero-order valence-electron chi connectivity index (χ0n) is 7.17. The van der Waals surface area contributed by atoms with E-state index < -0.39 is 6.10 Å². The van der Waals surface area contributed by atoms with Gasteiger partial charge >= 0.3 is 0 Å². The normalized spacial score (nSPS) is 15.5. The van der Waals surface area contributed by atoms with Gasteiger partial charge in [-0.2, -0.15) is 0 Å². The second kappa shape index (κ2) is 4.29. The van der Waals surface area contributed by atoms with Gasteiger partial charge in [0.15, 0.2) is 0 Å². The van der Waals surface area contributed by atoms with E-state index in [1.54, 1.807) is 25.1 Å². The molecule has 0 aliphatic rings. The lowest BCUT2D eigenvalue weighted by Gasteiger charge is -2.16. The van der Waals surface area contributed by atoms with Crippen molar-refractivity contribution < 1.29 is 5.11 Å². The molecular weight excluding hydrogens is 209 g/mol. The van der Waals surface area contributed by atoms with Crippen LogP contribution in [0.3, 0.4) is 0 Å². The third-order valence-corrected chi connectivity index (χ3v) is 2.63. The van der Waals surface area contributed by atoms with E-state index in [1.165, 1.54) is 0 Å². The van der Waals surface area contributed by atoms with Crippen LogP contribution in [0.5, 0.6) is 0 Å². The molecule has 0 aliphatic heterocycles. The van der Waals surface area contributed by atoms with Crippen LogP contribution in [0.15, 0.2) is 18.2 Å². The predicted molar refractivity (Wildman–Crippen MR) is 55.1 cm³/mol. The van der Waals surface area contributed by atoms with Crippen molar-refractivity contribution >= 4 is 23.2 Å². The molecule has 0 saturated heterocycles. The van der Waals surface area contributed by atoms with Crippen LogP contribution in [0.1, 0.15) is 18.6 Å². The Morgan fingerprint density at radius 1 is 1.38 bits per heavy atom. The summed E-state index contributed by atoms with van der Waals surface area (Å²) in [6.07, 6.45) is -0.772. The Balaban J connectivity index is 3.07. The molecule has 0 fully saturated rings. The molecule has 0 heterocycles. The zero-order valence-corrected chi connectivity index (χ0v) is 8.68. The molecule has 13 heavy (non-hydrogen) atoms. The minimum Gasteiger partial charge on any atom is -0.387 e. The van der Waals surface area contributed by atoms with E-state index >= 15 is 0 Å². The number of hydrogen-bond acceptors (Lipinski definition) is 2. The number of aliphatic hydroxyl groups excluding tert-OH is 1. The summed E-state index contributed by atoms with van der Waals surface area (Å²) in [4.78, 5) is 0. The molecule has 0 spiro atoms. The molecule has 1 aromatic carbocycles. The monoisotopic (exact) mass is 219 g/mol. The van der Waals surface area contributed by atoms with Gasteiger partial charge in [0.25, 0.3) is 0 Å². The summed E-state index contributed by atoms with van der Waals surface area (Å²) in [6.45, 7) is 1.71. The summed E-state index contributed by atoms with van der Waals surface area (Å²) in [7, 11) is 0. The summed E-state index contributed by atoms with van der Waals surface area (Å²) in [5.41, 5.74) is 6.11. The Morgan fingerprint density at radius 3 is 2.54 bits per heavy atom. The van der Waals surface area contributed by atoms with Crippen LogP contribution in [0.4, 0.5) is 0 Å². The fourth-order valence-electron chi connectivity index (χ4n) is 1.03. The number of benzene rings is 1. The molecule has 0 bridgehead atoms. The molecule has 0 amide bonds. The SMILES string of the molecule is C[C@@H](N)[C@@H](O)c1cccc(Cl)c1Cl. The van der Waals surface area contributed by atoms with Crippen LogP contribution in [0, 0.1) is 0 Å². The van der Waals surface area contributed by atoms with Crippen LogP contribution < -0.4 is 5.73 Å². The third kappa shape index (κ3) is 2.35. The Labute approximate surface area is 87.3 Å². The van der Waals surface area contributed by atoms with Crippen molar-refractivity contribution in [1.82, 2.24) is 0 Å². The van der Waals surface area contributed by atoms with Crippen LogP contribution in [-0.2, 0) is 0 Å². The summed E-state index contributed by atoms with van der Waals surface area (Å²) < 4.78 is 0. The molecule has 0 unspecified atom stereocenters. The lowest BCUT2D eigenvalue weighted by Crippen LogP contribution is -2.24. The molecule has 0 aromatic heterocycles. The van der Waals surface area contributed by atoms with Crippen LogP contribution >= 0.6 is 23.2 Å². The van der Waals surface area contributed by atoms with E-state index in [9.17, 15) is 5.11 Å². The van der Waals surface area contributed by atoms with E-state index in [0.717, 1.165) is 0 Å². The fraction of sp³-hybridized carbons (Fsp3) is 0.333. The highest BCUT2D eigenvalue weighted by molar-refractivity contribution is 6.42. The highest BCUT2D eigenvalue weighted by atomic mass is 35.5. The molecule has 0 saturated carbocycles. The summed E-state index contributed by atoms with van der Waals surface area (Å²) in [6, 6.07) is 4.74. The molecule has 1 rings (SSSR count). The molecule has 2 atom stereocenters. The maximum absolute atomic E-state index is 9.63. The van der Waals surface area contributed by atoms with Gasteiger partial charge in [0.2, 0.25) is 0 Å². The highest BCUT2D eigenvalue weighted by Crippen LogP contribution is 2.30. The van der Waals surface area contributed by atoms with Gasteiger partial charge < -0.3 is 10.8 Å². The topological polar surface area (TPSA) is 46.2 Å². The van der Waals surface area contributed by atoms with Gasteiger partial charge in [-0.05, 0) is 13.0 Å². The summed E-state index contributed by atoms with van der Waals surface area (Å²) >= 11 is 11.7. The highest BCUT2D eigenvalue weighted by Gasteiger charge is 2.16. The van der Waals surface area contributed by atoms with E-state index in [0.29, 0.717) is 15.6 Å². The average Bonchev–Trinajstić information content (AvgIpc) is 2.08. The molecule has 0 aliphatic carbocycles. The maximum Gasteiger partial charge on any atom is 0.0953 e. The Hall–Kier alpha value is -0.280.